The second-order valence-electron chi connectivity index (χ2n) is 3.65. The van der Waals surface area contributed by atoms with Gasteiger partial charge in [-0.25, -0.2) is 0 Å². The Morgan fingerprint density at radius 2 is 2.40 bits per heavy atom. The van der Waals surface area contributed by atoms with Crippen LogP contribution in [0, 0.1) is 0 Å². The molecule has 15 heavy (non-hydrogen) atoms. The van der Waals surface area contributed by atoms with Crippen molar-refractivity contribution in [1.82, 2.24) is 15.1 Å². The third kappa shape index (κ3) is 1.91. The molecule has 2 heterocycles. The maximum atomic E-state index is 11.5. The highest BCUT2D eigenvalue weighted by atomic mass is 16.2. The zero-order chi connectivity index (χ0) is 10.8. The summed E-state index contributed by atoms with van der Waals surface area (Å²) >= 11 is 0. The van der Waals surface area contributed by atoms with Crippen molar-refractivity contribution < 1.29 is 4.79 Å². The molecule has 0 saturated heterocycles. The van der Waals surface area contributed by atoms with Gasteiger partial charge in [-0.3, -0.25) is 14.5 Å². The molecule has 2 rings (SSSR count). The molecule has 1 aliphatic heterocycles. The zero-order valence-corrected chi connectivity index (χ0v) is 8.90. The highest BCUT2D eigenvalue weighted by Gasteiger charge is 2.26. The van der Waals surface area contributed by atoms with E-state index in [0.717, 1.165) is 18.5 Å². The van der Waals surface area contributed by atoms with Crippen molar-refractivity contribution in [2.24, 2.45) is 12.0 Å². The molecule has 0 saturated carbocycles. The van der Waals surface area contributed by atoms with E-state index in [-0.39, 0.29) is 11.9 Å². The minimum Gasteiger partial charge on any atom is -0.307 e. The van der Waals surface area contributed by atoms with Crippen molar-refractivity contribution >= 4 is 11.7 Å². The summed E-state index contributed by atoms with van der Waals surface area (Å²) in [7, 11) is 1.84. The Bertz CT molecular complexity index is 407. The summed E-state index contributed by atoms with van der Waals surface area (Å²) in [6, 6.07) is 1.61. The molecule has 1 atom stereocenters. The van der Waals surface area contributed by atoms with Gasteiger partial charge in [0.25, 0.3) is 0 Å². The second kappa shape index (κ2) is 3.84. The first-order chi connectivity index (χ1) is 7.20. The molecular weight excluding hydrogens is 192 g/mol. The molecule has 1 amide bonds. The van der Waals surface area contributed by atoms with E-state index < -0.39 is 0 Å². The summed E-state index contributed by atoms with van der Waals surface area (Å²) in [5, 5.41) is 6.95. The first-order valence-corrected chi connectivity index (χ1v) is 5.09. The van der Waals surface area contributed by atoms with Crippen LogP contribution in [-0.2, 0) is 11.8 Å². The van der Waals surface area contributed by atoms with Gasteiger partial charge in [-0.15, -0.1) is 0 Å². The summed E-state index contributed by atoms with van der Waals surface area (Å²) in [5.74, 6) is 0.580. The van der Waals surface area contributed by atoms with E-state index in [9.17, 15) is 4.79 Å². The van der Waals surface area contributed by atoms with Crippen LogP contribution in [0.25, 0.3) is 0 Å². The van der Waals surface area contributed by atoms with Gasteiger partial charge >= 0.3 is 0 Å². The third-order valence-electron chi connectivity index (χ3n) is 2.35. The quantitative estimate of drug-likeness (QED) is 0.781. The maximum absolute atomic E-state index is 11.5. The standard InChI is InChI=1S/C10H14N4O/c1-3-4-8-10(15)12-9(11-8)7-5-6-14(2)13-7/h5-6,8H,3-4H2,1-2H3,(H,11,12,15). The highest BCUT2D eigenvalue weighted by Crippen LogP contribution is 2.10. The first-order valence-electron chi connectivity index (χ1n) is 5.09. The summed E-state index contributed by atoms with van der Waals surface area (Å²) < 4.78 is 1.69. The van der Waals surface area contributed by atoms with E-state index in [2.05, 4.69) is 15.4 Å². The molecule has 80 valence electrons. The Morgan fingerprint density at radius 1 is 1.60 bits per heavy atom. The lowest BCUT2D eigenvalue weighted by molar-refractivity contribution is -0.120. The van der Waals surface area contributed by atoms with E-state index in [1.165, 1.54) is 0 Å². The molecule has 1 aromatic rings. The number of nitrogens with zero attached hydrogens (tertiary/aromatic N) is 3. The number of hydrogen-bond donors (Lipinski definition) is 1. The van der Waals surface area contributed by atoms with E-state index in [0.29, 0.717) is 5.84 Å². The molecule has 5 heteroatoms. The van der Waals surface area contributed by atoms with Gasteiger partial charge in [0.15, 0.2) is 5.84 Å². The van der Waals surface area contributed by atoms with Crippen LogP contribution in [0.1, 0.15) is 25.5 Å². The Labute approximate surface area is 88.2 Å². The molecule has 1 aliphatic rings. The van der Waals surface area contributed by atoms with E-state index in [1.807, 2.05) is 26.2 Å². The van der Waals surface area contributed by atoms with Crippen LogP contribution >= 0.6 is 0 Å². The molecule has 0 fully saturated rings. The fourth-order valence-electron chi connectivity index (χ4n) is 1.59. The molecule has 5 nitrogen and oxygen atoms in total. The predicted molar refractivity (Wildman–Crippen MR) is 56.6 cm³/mol. The van der Waals surface area contributed by atoms with Crippen LogP contribution in [-0.4, -0.2) is 27.6 Å². The van der Waals surface area contributed by atoms with Crippen LogP contribution in [0.2, 0.25) is 0 Å². The second-order valence-corrected chi connectivity index (χ2v) is 3.65. The molecule has 1 unspecified atom stereocenters. The number of aliphatic imine (C=N–C) groups is 1. The number of nitrogens with one attached hydrogen (secondary N) is 1. The summed E-state index contributed by atoms with van der Waals surface area (Å²) in [5.41, 5.74) is 0.726. The van der Waals surface area contributed by atoms with Crippen molar-refractivity contribution in [3.05, 3.63) is 18.0 Å². The van der Waals surface area contributed by atoms with Gasteiger partial charge in [0, 0.05) is 13.2 Å². The van der Waals surface area contributed by atoms with Gasteiger partial charge in [-0.1, -0.05) is 13.3 Å². The SMILES string of the molecule is CCCC1N=C(c2ccn(C)n2)NC1=O. The topological polar surface area (TPSA) is 59.3 Å². The average Bonchev–Trinajstić information content (AvgIpc) is 2.75. The van der Waals surface area contributed by atoms with Crippen LogP contribution in [0.15, 0.2) is 17.3 Å². The molecule has 0 radical (unpaired) electrons. The molecule has 0 spiro atoms. The number of amides is 1. The van der Waals surface area contributed by atoms with Gasteiger partial charge in [-0.05, 0) is 12.5 Å². The predicted octanol–water partition coefficient (Wildman–Crippen LogP) is 0.465. The number of rotatable bonds is 3. The molecule has 1 N–H and O–H groups in total. The van der Waals surface area contributed by atoms with E-state index in [1.54, 1.807) is 4.68 Å². The Balaban J connectivity index is 2.18. The smallest absolute Gasteiger partial charge is 0.250 e. The zero-order valence-electron chi connectivity index (χ0n) is 8.90. The van der Waals surface area contributed by atoms with Crippen molar-refractivity contribution in [2.75, 3.05) is 0 Å². The van der Waals surface area contributed by atoms with E-state index >= 15 is 0 Å². The van der Waals surface area contributed by atoms with Crippen LogP contribution in [0.3, 0.4) is 0 Å². The Hall–Kier alpha value is -1.65. The van der Waals surface area contributed by atoms with E-state index in [4.69, 9.17) is 0 Å². The van der Waals surface area contributed by atoms with Crippen molar-refractivity contribution in [1.29, 1.82) is 0 Å². The van der Waals surface area contributed by atoms with Gasteiger partial charge in [0.05, 0.1) is 0 Å². The molecule has 0 bridgehead atoms. The number of hydrogen-bond acceptors (Lipinski definition) is 3. The largest absolute Gasteiger partial charge is 0.307 e. The van der Waals surface area contributed by atoms with Crippen molar-refractivity contribution in [3.63, 3.8) is 0 Å². The maximum Gasteiger partial charge on any atom is 0.250 e. The Kier molecular flexibility index (Phi) is 2.53. The molecular formula is C10H14N4O. The minimum absolute atomic E-state index is 0.0162. The van der Waals surface area contributed by atoms with Gasteiger partial charge in [0.2, 0.25) is 5.91 Å². The summed E-state index contributed by atoms with van der Waals surface area (Å²) in [6.07, 6.45) is 3.58. The molecule has 1 aromatic heterocycles. The van der Waals surface area contributed by atoms with Crippen molar-refractivity contribution in [3.8, 4) is 0 Å². The lowest BCUT2D eigenvalue weighted by Gasteiger charge is -1.99. The number of carbonyl (C=O) groups excluding carboxylic acids is 1. The average molecular weight is 206 g/mol. The fourth-order valence-corrected chi connectivity index (χ4v) is 1.59. The van der Waals surface area contributed by atoms with Crippen LogP contribution in [0.5, 0.6) is 0 Å². The van der Waals surface area contributed by atoms with Gasteiger partial charge in [0.1, 0.15) is 11.7 Å². The number of aryl methyl sites for hydroxylation is 1. The number of amidine groups is 1. The number of carbonyl (C=O) groups is 1. The molecule has 0 aromatic carbocycles. The lowest BCUT2D eigenvalue weighted by atomic mass is 10.2. The van der Waals surface area contributed by atoms with Crippen LogP contribution in [0.4, 0.5) is 0 Å². The fraction of sp³-hybridized carbons (Fsp3) is 0.500. The molecule has 0 aliphatic carbocycles. The monoisotopic (exact) mass is 206 g/mol. The Morgan fingerprint density at radius 3 is 3.00 bits per heavy atom. The number of aromatic nitrogens is 2. The highest BCUT2D eigenvalue weighted by molar-refractivity contribution is 6.12. The normalized spacial score (nSPS) is 20.3. The summed E-state index contributed by atoms with van der Waals surface area (Å²) in [4.78, 5) is 15.8. The summed E-state index contributed by atoms with van der Waals surface area (Å²) in [6.45, 7) is 2.04. The van der Waals surface area contributed by atoms with Crippen molar-refractivity contribution in [2.45, 2.75) is 25.8 Å². The lowest BCUT2D eigenvalue weighted by Crippen LogP contribution is -2.29. The first kappa shape index (κ1) is 9.89. The minimum atomic E-state index is -0.230. The van der Waals surface area contributed by atoms with Crippen LogP contribution < -0.4 is 5.32 Å². The van der Waals surface area contributed by atoms with Gasteiger partial charge in [-0.2, -0.15) is 5.10 Å². The third-order valence-corrected chi connectivity index (χ3v) is 2.35. The van der Waals surface area contributed by atoms with Gasteiger partial charge < -0.3 is 5.32 Å².